The van der Waals surface area contributed by atoms with Crippen molar-refractivity contribution in [2.75, 3.05) is 32.7 Å². The minimum absolute atomic E-state index is 0.00267. The highest BCUT2D eigenvalue weighted by Gasteiger charge is 2.44. The maximum atomic E-state index is 14.1. The van der Waals surface area contributed by atoms with Crippen LogP contribution in [-0.4, -0.2) is 93.2 Å². The van der Waals surface area contributed by atoms with Gasteiger partial charge in [-0.15, -0.1) is 0 Å². The first-order valence-electron chi connectivity index (χ1n) is 20.6. The predicted molar refractivity (Wildman–Crippen MR) is 227 cm³/mol. The maximum Gasteiger partial charge on any atom is 0.407 e. The fourth-order valence-corrected chi connectivity index (χ4v) is 10.1. The van der Waals surface area contributed by atoms with Gasteiger partial charge in [-0.05, 0) is 60.6 Å². The molecule has 1 amide bonds. The van der Waals surface area contributed by atoms with Gasteiger partial charge >= 0.3 is 19.7 Å². The number of carbonyl (C=O) groups excluding carboxylic acids is 2. The number of fused-ring (bicyclic) bond motifs is 1. The van der Waals surface area contributed by atoms with Gasteiger partial charge in [-0.1, -0.05) is 86.6 Å². The fourth-order valence-electron chi connectivity index (χ4n) is 7.01. The van der Waals surface area contributed by atoms with Crippen LogP contribution in [0.1, 0.15) is 43.9 Å². The van der Waals surface area contributed by atoms with Crippen molar-refractivity contribution >= 4 is 29.7 Å². The average Bonchev–Trinajstić information content (AvgIpc) is 3.90. The van der Waals surface area contributed by atoms with Gasteiger partial charge in [-0.3, -0.25) is 9.09 Å². The molecule has 2 N–H and O–H groups in total. The van der Waals surface area contributed by atoms with Crippen LogP contribution in [0.2, 0.25) is 0 Å². The lowest BCUT2D eigenvalue weighted by molar-refractivity contribution is -0.607. The quantitative estimate of drug-likeness (QED) is 0.0442. The van der Waals surface area contributed by atoms with E-state index >= 15 is 0 Å². The van der Waals surface area contributed by atoms with Crippen LogP contribution in [0.3, 0.4) is 0 Å². The summed E-state index contributed by atoms with van der Waals surface area (Å²) in [5, 5.41) is 26.5. The van der Waals surface area contributed by atoms with E-state index in [1.807, 2.05) is 38.1 Å². The van der Waals surface area contributed by atoms with Crippen molar-refractivity contribution in [1.29, 1.82) is 0 Å². The van der Waals surface area contributed by atoms with E-state index < -0.39 is 73.2 Å². The number of hydrogen-bond donors (Lipinski definition) is 2. The summed E-state index contributed by atoms with van der Waals surface area (Å²) < 4.78 is 82.9. The van der Waals surface area contributed by atoms with E-state index in [0.717, 1.165) is 22.3 Å². The van der Waals surface area contributed by atoms with Crippen molar-refractivity contribution in [3.05, 3.63) is 131 Å². The van der Waals surface area contributed by atoms with E-state index in [2.05, 4.69) is 5.32 Å². The summed E-state index contributed by atoms with van der Waals surface area (Å²) in [5.74, 6) is -0.787. The van der Waals surface area contributed by atoms with E-state index in [1.54, 1.807) is 60.7 Å². The Hall–Kier alpha value is -4.91. The van der Waals surface area contributed by atoms with Crippen LogP contribution in [0.4, 0.5) is 4.79 Å². The molecule has 6 rings (SSSR count). The van der Waals surface area contributed by atoms with Crippen molar-refractivity contribution in [1.82, 2.24) is 9.62 Å². The predicted octanol–water partition coefficient (Wildman–Crippen LogP) is 5.32. The molecule has 0 saturated carbocycles. The molecule has 0 bridgehead atoms. The number of carbonyl (C=O) groups is 2. The summed E-state index contributed by atoms with van der Waals surface area (Å²) in [6, 6.07) is 26.1. The Kier molecular flexibility index (Phi) is 16.7. The molecule has 4 aromatic rings. The third kappa shape index (κ3) is 13.8. The summed E-state index contributed by atoms with van der Waals surface area (Å²) in [6.45, 7) is 5.15. The van der Waals surface area contributed by atoms with Gasteiger partial charge in [0.15, 0.2) is 31.1 Å². The second-order valence-corrected chi connectivity index (χ2v) is 19.6. The Morgan fingerprint density at radius 1 is 0.921 bits per heavy atom. The number of rotatable bonds is 22. The molecule has 340 valence electrons. The van der Waals surface area contributed by atoms with Crippen LogP contribution >= 0.6 is 7.60 Å². The molecule has 3 aromatic carbocycles. The molecule has 63 heavy (non-hydrogen) atoms. The minimum Gasteiger partial charge on any atom is -0.619 e. The average molecular weight is 912 g/mol. The monoisotopic (exact) mass is 911 g/mol. The highest BCUT2D eigenvalue weighted by atomic mass is 32.2. The number of hydrogen-bond acceptors (Lipinski definition) is 14. The SMILES string of the molecule is CC(C)CN(C[C@@H](O)[C@H](Cc1ccc(OCP(=O)(OCc2ccccc2)O[C@@H](C)C(=O)OCc2ccccc2)cc1)NC(=O)O[C@H]1CO[C@H]2OCC[C@H]21)S(=O)(=O)c1ccc[n+]([O-])c1. The van der Waals surface area contributed by atoms with E-state index in [0.29, 0.717) is 28.9 Å². The first kappa shape index (κ1) is 47.6. The molecule has 3 heterocycles. The van der Waals surface area contributed by atoms with Crippen molar-refractivity contribution < 1.29 is 65.1 Å². The van der Waals surface area contributed by atoms with Crippen LogP contribution in [0.15, 0.2) is 114 Å². The lowest BCUT2D eigenvalue weighted by Gasteiger charge is -2.30. The molecular formula is C44H54N3O14PS. The summed E-state index contributed by atoms with van der Waals surface area (Å²) >= 11 is 0. The maximum absolute atomic E-state index is 14.1. The molecule has 2 saturated heterocycles. The zero-order chi connectivity index (χ0) is 45.0. The van der Waals surface area contributed by atoms with E-state index in [-0.39, 0.29) is 55.3 Å². The zero-order valence-corrected chi connectivity index (χ0v) is 37.0. The van der Waals surface area contributed by atoms with Crippen LogP contribution in [0, 0.1) is 17.0 Å². The number of sulfonamides is 1. The van der Waals surface area contributed by atoms with Gasteiger partial charge < -0.3 is 43.8 Å². The van der Waals surface area contributed by atoms with Crippen LogP contribution < -0.4 is 14.8 Å². The largest absolute Gasteiger partial charge is 0.619 e. The highest BCUT2D eigenvalue weighted by molar-refractivity contribution is 7.89. The van der Waals surface area contributed by atoms with Crippen molar-refractivity contribution in [3.63, 3.8) is 0 Å². The first-order chi connectivity index (χ1) is 30.2. The number of aromatic nitrogens is 1. The lowest BCUT2D eigenvalue weighted by atomic mass is 10.0. The molecule has 2 aliphatic rings. The summed E-state index contributed by atoms with van der Waals surface area (Å²) in [5.41, 5.74) is 2.08. The van der Waals surface area contributed by atoms with Gasteiger partial charge in [-0.25, -0.2) is 18.0 Å². The number of ether oxygens (including phenoxy) is 5. The van der Waals surface area contributed by atoms with Crippen molar-refractivity contribution in [3.8, 4) is 5.75 Å². The third-order valence-corrected chi connectivity index (χ3v) is 13.7. The number of nitrogens with zero attached hydrogens (tertiary/aromatic N) is 2. The van der Waals surface area contributed by atoms with Gasteiger partial charge in [0.2, 0.25) is 10.0 Å². The Morgan fingerprint density at radius 3 is 2.27 bits per heavy atom. The second-order valence-electron chi connectivity index (χ2n) is 15.7. The molecule has 0 spiro atoms. The van der Waals surface area contributed by atoms with Gasteiger partial charge in [0.05, 0.1) is 37.9 Å². The number of pyridine rings is 1. The zero-order valence-electron chi connectivity index (χ0n) is 35.3. The van der Waals surface area contributed by atoms with Gasteiger partial charge in [0.25, 0.3) is 0 Å². The number of aliphatic hydroxyl groups excluding tert-OH is 1. The van der Waals surface area contributed by atoms with E-state index in [9.17, 15) is 32.9 Å². The Labute approximate surface area is 367 Å². The Morgan fingerprint density at radius 2 is 1.60 bits per heavy atom. The molecule has 1 aromatic heterocycles. The summed E-state index contributed by atoms with van der Waals surface area (Å²) in [6.07, 6.45) is -2.40. The molecule has 2 fully saturated rings. The van der Waals surface area contributed by atoms with Gasteiger partial charge in [-0.2, -0.15) is 9.04 Å². The number of alkyl carbamates (subject to hydrolysis) is 1. The Balaban J connectivity index is 1.15. The third-order valence-electron chi connectivity index (χ3n) is 10.3. The molecule has 1 unspecified atom stereocenters. The summed E-state index contributed by atoms with van der Waals surface area (Å²) in [7, 11) is -8.36. The molecule has 0 radical (unpaired) electrons. The van der Waals surface area contributed by atoms with Gasteiger partial charge in [0.1, 0.15) is 23.4 Å². The topological polar surface area (TPSA) is 212 Å². The fraction of sp³-hybridized carbons (Fsp3) is 0.432. The minimum atomic E-state index is -4.26. The normalized spacial score (nSPS) is 19.7. The number of benzene rings is 3. The van der Waals surface area contributed by atoms with E-state index in [1.165, 1.54) is 19.1 Å². The number of aliphatic hydroxyl groups is 1. The second kappa shape index (κ2) is 22.1. The summed E-state index contributed by atoms with van der Waals surface area (Å²) in [4.78, 5) is 26.0. The van der Waals surface area contributed by atoms with Crippen molar-refractivity contribution in [2.24, 2.45) is 11.8 Å². The number of amides is 1. The molecular weight excluding hydrogens is 858 g/mol. The van der Waals surface area contributed by atoms with E-state index in [4.69, 9.17) is 32.7 Å². The van der Waals surface area contributed by atoms with Crippen LogP contribution in [-0.2, 0) is 67.0 Å². The van der Waals surface area contributed by atoms with Crippen LogP contribution in [0.5, 0.6) is 5.75 Å². The highest BCUT2D eigenvalue weighted by Crippen LogP contribution is 2.50. The molecule has 19 heteroatoms. The van der Waals surface area contributed by atoms with Gasteiger partial charge in [0, 0.05) is 19.2 Å². The Bertz CT molecular complexity index is 2260. The number of esters is 1. The molecule has 2 aliphatic heterocycles. The smallest absolute Gasteiger partial charge is 0.407 e. The van der Waals surface area contributed by atoms with Crippen LogP contribution in [0.25, 0.3) is 0 Å². The lowest BCUT2D eigenvalue weighted by Crippen LogP contribution is -2.51. The molecule has 0 aliphatic carbocycles. The molecule has 7 atom stereocenters. The number of nitrogens with one attached hydrogen (secondary N) is 1. The molecule has 17 nitrogen and oxygen atoms in total. The first-order valence-corrected chi connectivity index (χ1v) is 23.8. The van der Waals surface area contributed by atoms with Crippen molar-refractivity contribution in [2.45, 2.75) is 82.4 Å². The standard InChI is InChI=1S/C44H54N3O14PS/c1-31(2)24-47(63(53,54)37-15-10-21-46(51)25-37)26-40(48)39(45-44(50)60-41-29-57-43-38(41)20-22-55-43)23-33-16-18-36(19-17-33)58-30-62(52,59-28-35-13-8-5-9-14-35)61-32(3)42(49)56-27-34-11-6-4-7-12-34/h4-19,21,25,31-32,38-41,43,48H,20,22-24,26-30H2,1-3H3,(H,45,50)/t32-,38-,39-,40+,41-,43+,62?/m0/s1.